The molecule has 1 saturated carbocycles. The largest absolute Gasteiger partial charge is 0.753 e. The van der Waals surface area contributed by atoms with Crippen LogP contribution in [0.4, 0.5) is 5.82 Å². The van der Waals surface area contributed by atoms with Crippen molar-refractivity contribution in [1.82, 2.24) is 10.3 Å². The van der Waals surface area contributed by atoms with E-state index in [1.807, 2.05) is 6.07 Å². The molecule has 0 bridgehead atoms. The van der Waals surface area contributed by atoms with E-state index >= 15 is 0 Å². The number of carbonyl (C=O) groups is 1. The van der Waals surface area contributed by atoms with Gasteiger partial charge in [-0.05, 0) is 24.5 Å². The number of hydrogen-bond acceptors (Lipinski definition) is 4. The number of hydrogen-bond donors (Lipinski definition) is 1. The van der Waals surface area contributed by atoms with Gasteiger partial charge in [0, 0.05) is 30.4 Å². The Hall–Kier alpha value is -1.88. The number of aromatic nitrogens is 1. The first kappa shape index (κ1) is 10.3. The van der Waals surface area contributed by atoms with Gasteiger partial charge in [-0.2, -0.15) is 0 Å². The molecule has 0 aromatic carbocycles. The first-order valence-corrected chi connectivity index (χ1v) is 5.66. The summed E-state index contributed by atoms with van der Waals surface area (Å²) in [4.78, 5) is 15.8. The van der Waals surface area contributed by atoms with Gasteiger partial charge in [-0.15, -0.1) is 0 Å². The lowest BCUT2D eigenvalue weighted by Gasteiger charge is -2.32. The first-order chi connectivity index (χ1) is 8.24. The molecule has 1 aliphatic carbocycles. The molecule has 3 rings (SSSR count). The average molecular weight is 230 g/mol. The second-order valence-corrected chi connectivity index (χ2v) is 4.39. The molecule has 0 unspecified atom stereocenters. The SMILES string of the molecule is O=C(NC1CC1)C1=CN([O-])c2ncccc2C1. The van der Waals surface area contributed by atoms with E-state index in [2.05, 4.69) is 10.3 Å². The fourth-order valence-electron chi connectivity index (χ4n) is 1.86. The Balaban J connectivity index is 1.82. The van der Waals surface area contributed by atoms with Gasteiger partial charge in [0.15, 0.2) is 0 Å². The van der Waals surface area contributed by atoms with E-state index in [1.165, 1.54) is 6.20 Å². The molecule has 88 valence electrons. The Kier molecular flexibility index (Phi) is 2.33. The van der Waals surface area contributed by atoms with Crippen LogP contribution in [0.2, 0.25) is 0 Å². The average Bonchev–Trinajstić information content (AvgIpc) is 3.13. The predicted octanol–water partition coefficient (Wildman–Crippen LogP) is 1.10. The number of anilines is 1. The third-order valence-electron chi connectivity index (χ3n) is 2.93. The van der Waals surface area contributed by atoms with Gasteiger partial charge in [-0.3, -0.25) is 4.79 Å². The third kappa shape index (κ3) is 2.01. The Morgan fingerprint density at radius 3 is 3.12 bits per heavy atom. The first-order valence-electron chi connectivity index (χ1n) is 5.66. The van der Waals surface area contributed by atoms with Gasteiger partial charge in [-0.1, -0.05) is 6.07 Å². The number of amides is 1. The molecule has 1 amide bonds. The van der Waals surface area contributed by atoms with Crippen LogP contribution in [0.3, 0.4) is 0 Å². The highest BCUT2D eigenvalue weighted by Crippen LogP contribution is 2.26. The van der Waals surface area contributed by atoms with Crippen LogP contribution in [-0.2, 0) is 11.2 Å². The van der Waals surface area contributed by atoms with Crippen LogP contribution in [0.1, 0.15) is 18.4 Å². The summed E-state index contributed by atoms with van der Waals surface area (Å²) >= 11 is 0. The minimum absolute atomic E-state index is 0.136. The van der Waals surface area contributed by atoms with Crippen molar-refractivity contribution in [3.05, 3.63) is 40.9 Å². The zero-order chi connectivity index (χ0) is 11.8. The lowest BCUT2D eigenvalue weighted by molar-refractivity contribution is -0.117. The van der Waals surface area contributed by atoms with Gasteiger partial charge < -0.3 is 15.6 Å². The number of hydroxylamine groups is 1. The number of nitrogens with zero attached hydrogens (tertiary/aromatic N) is 2. The monoisotopic (exact) mass is 230 g/mol. The van der Waals surface area contributed by atoms with Gasteiger partial charge in [0.25, 0.3) is 0 Å². The smallest absolute Gasteiger partial charge is 0.249 e. The third-order valence-corrected chi connectivity index (χ3v) is 2.93. The van der Waals surface area contributed by atoms with Crippen LogP contribution in [0.25, 0.3) is 0 Å². The Morgan fingerprint density at radius 2 is 2.35 bits per heavy atom. The minimum Gasteiger partial charge on any atom is -0.753 e. The fourth-order valence-corrected chi connectivity index (χ4v) is 1.86. The van der Waals surface area contributed by atoms with E-state index in [9.17, 15) is 10.0 Å². The molecule has 1 fully saturated rings. The van der Waals surface area contributed by atoms with Crippen LogP contribution in [0.15, 0.2) is 30.1 Å². The minimum atomic E-state index is -0.136. The standard InChI is InChI=1S/C12H12N3O2/c16-12(14-10-3-4-10)9-6-8-2-1-5-13-11(8)15(17)7-9/h1-2,5,7,10H,3-4,6H2,(H,14,16)/q-1. The molecule has 1 N–H and O–H groups in total. The molecule has 1 aliphatic heterocycles. The Labute approximate surface area is 98.7 Å². The fraction of sp³-hybridized carbons (Fsp3) is 0.333. The van der Waals surface area contributed by atoms with Crippen LogP contribution < -0.4 is 10.4 Å². The summed E-state index contributed by atoms with van der Waals surface area (Å²) in [6.45, 7) is 0. The van der Waals surface area contributed by atoms with E-state index in [4.69, 9.17) is 0 Å². The molecule has 1 aromatic heterocycles. The van der Waals surface area contributed by atoms with Gasteiger partial charge in [0.1, 0.15) is 5.82 Å². The Bertz CT molecular complexity index is 494. The summed E-state index contributed by atoms with van der Waals surface area (Å²) in [6, 6.07) is 3.90. The molecule has 0 atom stereocenters. The summed E-state index contributed by atoms with van der Waals surface area (Å²) in [5, 5.41) is 15.2. The van der Waals surface area contributed by atoms with Crippen molar-refractivity contribution in [3.8, 4) is 0 Å². The molecule has 5 nitrogen and oxygen atoms in total. The summed E-state index contributed by atoms with van der Waals surface area (Å²) in [5.74, 6) is 0.248. The van der Waals surface area contributed by atoms with Crippen LogP contribution in [-0.4, -0.2) is 16.9 Å². The highest BCUT2D eigenvalue weighted by molar-refractivity contribution is 5.95. The maximum Gasteiger partial charge on any atom is 0.249 e. The quantitative estimate of drug-likeness (QED) is 0.826. The molecule has 0 radical (unpaired) electrons. The second-order valence-electron chi connectivity index (χ2n) is 4.39. The van der Waals surface area contributed by atoms with E-state index in [0.717, 1.165) is 18.4 Å². The van der Waals surface area contributed by atoms with Gasteiger partial charge >= 0.3 is 0 Å². The van der Waals surface area contributed by atoms with Crippen molar-refractivity contribution in [2.75, 3.05) is 5.06 Å². The molecular weight excluding hydrogens is 218 g/mol. The molecular formula is C12H12N3O2-. The number of fused-ring (bicyclic) bond motifs is 1. The molecule has 0 saturated heterocycles. The van der Waals surface area contributed by atoms with E-state index < -0.39 is 0 Å². The lowest BCUT2D eigenvalue weighted by atomic mass is 10.0. The summed E-state index contributed by atoms with van der Waals surface area (Å²) < 4.78 is 0. The number of carbonyl (C=O) groups excluding carboxylic acids is 1. The molecule has 17 heavy (non-hydrogen) atoms. The van der Waals surface area contributed by atoms with E-state index in [0.29, 0.717) is 28.9 Å². The zero-order valence-electron chi connectivity index (χ0n) is 9.22. The predicted molar refractivity (Wildman–Crippen MR) is 63.0 cm³/mol. The van der Waals surface area contributed by atoms with Gasteiger partial charge in [0.05, 0.1) is 0 Å². The van der Waals surface area contributed by atoms with Crippen molar-refractivity contribution >= 4 is 11.7 Å². The summed E-state index contributed by atoms with van der Waals surface area (Å²) in [7, 11) is 0. The van der Waals surface area contributed by atoms with Crippen molar-refractivity contribution in [1.29, 1.82) is 0 Å². The maximum atomic E-state index is 11.8. The van der Waals surface area contributed by atoms with Crippen LogP contribution in [0, 0.1) is 5.21 Å². The van der Waals surface area contributed by atoms with Crippen LogP contribution in [0.5, 0.6) is 0 Å². The summed E-state index contributed by atoms with van der Waals surface area (Å²) in [5.41, 5.74) is 1.30. The maximum absolute atomic E-state index is 11.8. The highest BCUT2D eigenvalue weighted by atomic mass is 16.5. The molecule has 2 aliphatic rings. The van der Waals surface area contributed by atoms with Crippen molar-refractivity contribution in [3.63, 3.8) is 0 Å². The van der Waals surface area contributed by atoms with Crippen molar-refractivity contribution in [2.45, 2.75) is 25.3 Å². The van der Waals surface area contributed by atoms with Crippen molar-refractivity contribution in [2.24, 2.45) is 0 Å². The lowest BCUT2D eigenvalue weighted by Crippen LogP contribution is -2.31. The van der Waals surface area contributed by atoms with Gasteiger partial charge in [0.2, 0.25) is 5.91 Å². The second kappa shape index (κ2) is 3.85. The highest BCUT2D eigenvalue weighted by Gasteiger charge is 2.26. The number of nitrogens with one attached hydrogen (secondary N) is 1. The van der Waals surface area contributed by atoms with Crippen molar-refractivity contribution < 1.29 is 4.79 Å². The number of pyridine rings is 1. The zero-order valence-corrected chi connectivity index (χ0v) is 9.22. The molecule has 2 heterocycles. The number of rotatable bonds is 2. The van der Waals surface area contributed by atoms with Crippen LogP contribution >= 0.6 is 0 Å². The van der Waals surface area contributed by atoms with Gasteiger partial charge in [-0.25, -0.2) is 4.98 Å². The summed E-state index contributed by atoms with van der Waals surface area (Å²) in [6.07, 6.45) is 5.46. The molecule has 5 heteroatoms. The Morgan fingerprint density at radius 1 is 1.53 bits per heavy atom. The molecule has 0 spiro atoms. The van der Waals surface area contributed by atoms with E-state index in [-0.39, 0.29) is 5.91 Å². The normalized spacial score (nSPS) is 18.4. The molecule has 1 aromatic rings. The topological polar surface area (TPSA) is 68.3 Å². The van der Waals surface area contributed by atoms with E-state index in [1.54, 1.807) is 12.3 Å².